The van der Waals surface area contributed by atoms with Gasteiger partial charge in [-0.15, -0.1) is 0 Å². The minimum Gasteiger partial charge on any atom is -0.378 e. The average Bonchev–Trinajstić information content (AvgIpc) is 2.70. The molecule has 0 fully saturated rings. The van der Waals surface area contributed by atoms with Gasteiger partial charge in [0, 0.05) is 35.1 Å². The molecule has 3 aromatic carbocycles. The van der Waals surface area contributed by atoms with Crippen LogP contribution in [0.4, 0.5) is 17.1 Å². The molecule has 0 bridgehead atoms. The Bertz CT molecular complexity index is 1020. The van der Waals surface area contributed by atoms with Gasteiger partial charge in [0.2, 0.25) is 0 Å². The first-order valence-electron chi connectivity index (χ1n) is 8.78. The lowest BCUT2D eigenvalue weighted by Crippen LogP contribution is -2.07. The van der Waals surface area contributed by atoms with Crippen molar-refractivity contribution in [3.05, 3.63) is 83.9 Å². The van der Waals surface area contributed by atoms with Crippen molar-refractivity contribution in [2.75, 3.05) is 24.3 Å². The number of hydrogen-bond donors (Lipinski definition) is 1. The predicted molar refractivity (Wildman–Crippen MR) is 114 cm³/mol. The molecule has 1 N–H and O–H groups in total. The zero-order valence-electron chi connectivity index (χ0n) is 15.3. The van der Waals surface area contributed by atoms with Gasteiger partial charge in [-0.25, -0.2) is 0 Å². The lowest BCUT2D eigenvalue weighted by atomic mass is 10.1. The quantitative estimate of drug-likeness (QED) is 0.359. The third-order valence-corrected chi connectivity index (χ3v) is 5.63. The molecule has 4 heteroatoms. The van der Waals surface area contributed by atoms with Crippen LogP contribution < -0.4 is 10.2 Å². The van der Waals surface area contributed by atoms with Gasteiger partial charge in [0.15, 0.2) is 5.78 Å². The predicted octanol–water partition coefficient (Wildman–Crippen LogP) is 5.86. The first-order valence-corrected chi connectivity index (χ1v) is 9.59. The summed E-state index contributed by atoms with van der Waals surface area (Å²) in [5.74, 6) is 0.000134. The van der Waals surface area contributed by atoms with Gasteiger partial charge in [-0.3, -0.25) is 4.79 Å². The molecule has 1 aliphatic heterocycles. The standard InChI is InChI=1S/C23H20N2OS/c1-25(2)18-11-7-16(8-12-18)9-13-21(26)17-10-14-23-20(15-17)24-19-5-3-4-6-22(19)27-23/h3-15,24H,1-2H3/b13-9+. The highest BCUT2D eigenvalue weighted by Gasteiger charge is 2.16. The third-order valence-electron chi connectivity index (χ3n) is 4.48. The van der Waals surface area contributed by atoms with Gasteiger partial charge in [0.25, 0.3) is 0 Å². The molecule has 1 heterocycles. The number of nitrogens with zero attached hydrogens (tertiary/aromatic N) is 1. The number of rotatable bonds is 4. The Morgan fingerprint density at radius 2 is 1.67 bits per heavy atom. The van der Waals surface area contributed by atoms with Crippen molar-refractivity contribution in [2.45, 2.75) is 9.79 Å². The Balaban J connectivity index is 1.51. The van der Waals surface area contributed by atoms with Crippen LogP contribution in [-0.4, -0.2) is 19.9 Å². The molecule has 1 aliphatic rings. The summed E-state index contributed by atoms with van der Waals surface area (Å²) in [6.07, 6.45) is 3.50. The Morgan fingerprint density at radius 3 is 2.44 bits per heavy atom. The summed E-state index contributed by atoms with van der Waals surface area (Å²) < 4.78 is 0. The normalized spacial score (nSPS) is 12.2. The van der Waals surface area contributed by atoms with Crippen molar-refractivity contribution in [1.82, 2.24) is 0 Å². The highest BCUT2D eigenvalue weighted by Crippen LogP contribution is 2.44. The topological polar surface area (TPSA) is 32.3 Å². The third kappa shape index (κ3) is 3.76. The van der Waals surface area contributed by atoms with Crippen molar-refractivity contribution >= 4 is 40.7 Å². The van der Waals surface area contributed by atoms with Gasteiger partial charge in [-0.05, 0) is 54.1 Å². The number of allylic oxidation sites excluding steroid dienone is 1. The molecule has 0 unspecified atom stereocenters. The van der Waals surface area contributed by atoms with E-state index in [0.717, 1.165) is 27.5 Å². The highest BCUT2D eigenvalue weighted by atomic mass is 32.2. The van der Waals surface area contributed by atoms with Crippen LogP contribution in [0.3, 0.4) is 0 Å². The van der Waals surface area contributed by atoms with Gasteiger partial charge in [-0.1, -0.05) is 42.1 Å². The van der Waals surface area contributed by atoms with Crippen molar-refractivity contribution in [1.29, 1.82) is 0 Å². The molecule has 3 nitrogen and oxygen atoms in total. The maximum absolute atomic E-state index is 12.6. The summed E-state index contributed by atoms with van der Waals surface area (Å²) >= 11 is 1.72. The molecule has 0 atom stereocenters. The van der Waals surface area contributed by atoms with Gasteiger partial charge in [0.1, 0.15) is 0 Å². The number of benzene rings is 3. The van der Waals surface area contributed by atoms with E-state index in [9.17, 15) is 4.79 Å². The van der Waals surface area contributed by atoms with Crippen LogP contribution >= 0.6 is 11.8 Å². The van der Waals surface area contributed by atoms with Crippen LogP contribution in [0.1, 0.15) is 15.9 Å². The molecule has 27 heavy (non-hydrogen) atoms. The molecule has 0 radical (unpaired) electrons. The molecule has 0 spiro atoms. The second kappa shape index (κ2) is 7.33. The first kappa shape index (κ1) is 17.4. The van der Waals surface area contributed by atoms with Crippen LogP contribution in [0.25, 0.3) is 6.08 Å². The van der Waals surface area contributed by atoms with E-state index in [4.69, 9.17) is 0 Å². The number of carbonyl (C=O) groups excluding carboxylic acids is 1. The van der Waals surface area contributed by atoms with Crippen molar-refractivity contribution < 1.29 is 4.79 Å². The summed E-state index contributed by atoms with van der Waals surface area (Å²) in [7, 11) is 4.02. The van der Waals surface area contributed by atoms with E-state index in [1.807, 2.05) is 74.8 Å². The lowest BCUT2D eigenvalue weighted by molar-refractivity contribution is 0.104. The second-order valence-corrected chi connectivity index (χ2v) is 7.70. The zero-order valence-corrected chi connectivity index (χ0v) is 16.1. The Labute approximate surface area is 163 Å². The SMILES string of the molecule is CN(C)c1ccc(/C=C/C(=O)c2ccc3c(c2)Nc2ccccc2S3)cc1. The maximum Gasteiger partial charge on any atom is 0.185 e. The highest BCUT2D eigenvalue weighted by molar-refractivity contribution is 7.99. The van der Waals surface area contributed by atoms with E-state index in [1.54, 1.807) is 17.8 Å². The maximum atomic E-state index is 12.6. The van der Waals surface area contributed by atoms with E-state index in [1.165, 1.54) is 4.90 Å². The molecule has 134 valence electrons. The number of anilines is 3. The second-order valence-electron chi connectivity index (χ2n) is 6.62. The molecule has 0 saturated carbocycles. The molecule has 3 aromatic rings. The van der Waals surface area contributed by atoms with E-state index in [-0.39, 0.29) is 5.78 Å². The molecular formula is C23H20N2OS. The number of para-hydroxylation sites is 1. The fourth-order valence-electron chi connectivity index (χ4n) is 2.94. The van der Waals surface area contributed by atoms with Crippen molar-refractivity contribution in [2.24, 2.45) is 0 Å². The van der Waals surface area contributed by atoms with Crippen LogP contribution in [0.2, 0.25) is 0 Å². The molecule has 0 aromatic heterocycles. The van der Waals surface area contributed by atoms with Crippen LogP contribution in [-0.2, 0) is 0 Å². The summed E-state index contributed by atoms with van der Waals surface area (Å²) in [6, 6.07) is 22.1. The van der Waals surface area contributed by atoms with Gasteiger partial charge >= 0.3 is 0 Å². The average molecular weight is 372 g/mol. The van der Waals surface area contributed by atoms with E-state index in [0.29, 0.717) is 5.56 Å². The number of fused-ring (bicyclic) bond motifs is 2. The number of hydrogen-bond acceptors (Lipinski definition) is 4. The Morgan fingerprint density at radius 1 is 0.926 bits per heavy atom. The number of ketones is 1. The Hall–Kier alpha value is -2.98. The summed E-state index contributed by atoms with van der Waals surface area (Å²) in [5, 5.41) is 3.42. The van der Waals surface area contributed by atoms with Crippen LogP contribution in [0.5, 0.6) is 0 Å². The molecule has 0 aliphatic carbocycles. The van der Waals surface area contributed by atoms with Crippen molar-refractivity contribution in [3.8, 4) is 0 Å². The minimum atomic E-state index is 0.000134. The van der Waals surface area contributed by atoms with Crippen molar-refractivity contribution in [3.63, 3.8) is 0 Å². The number of nitrogens with one attached hydrogen (secondary N) is 1. The Kier molecular flexibility index (Phi) is 4.73. The summed E-state index contributed by atoms with van der Waals surface area (Å²) in [6.45, 7) is 0. The molecule has 4 rings (SSSR count). The number of carbonyl (C=O) groups is 1. The molecule has 0 amide bonds. The molecular weight excluding hydrogens is 352 g/mol. The monoisotopic (exact) mass is 372 g/mol. The van der Waals surface area contributed by atoms with Gasteiger partial charge < -0.3 is 10.2 Å². The minimum absolute atomic E-state index is 0.000134. The van der Waals surface area contributed by atoms with Crippen LogP contribution in [0.15, 0.2) is 82.6 Å². The van der Waals surface area contributed by atoms with Gasteiger partial charge in [-0.2, -0.15) is 0 Å². The van der Waals surface area contributed by atoms with E-state index >= 15 is 0 Å². The van der Waals surface area contributed by atoms with Gasteiger partial charge in [0.05, 0.1) is 11.4 Å². The zero-order chi connectivity index (χ0) is 18.8. The fourth-order valence-corrected chi connectivity index (χ4v) is 3.91. The van der Waals surface area contributed by atoms with Crippen LogP contribution in [0, 0.1) is 0 Å². The molecule has 0 saturated heterocycles. The summed E-state index contributed by atoms with van der Waals surface area (Å²) in [5.41, 5.74) is 4.89. The summed E-state index contributed by atoms with van der Waals surface area (Å²) in [4.78, 5) is 17.0. The first-order chi connectivity index (χ1) is 13.1. The fraction of sp³-hybridized carbons (Fsp3) is 0.0870. The lowest BCUT2D eigenvalue weighted by Gasteiger charge is -2.20. The smallest absolute Gasteiger partial charge is 0.185 e. The van der Waals surface area contributed by atoms with E-state index < -0.39 is 0 Å². The largest absolute Gasteiger partial charge is 0.378 e. The van der Waals surface area contributed by atoms with E-state index in [2.05, 4.69) is 22.3 Å².